The van der Waals surface area contributed by atoms with Crippen molar-refractivity contribution in [2.75, 3.05) is 13.1 Å². The lowest BCUT2D eigenvalue weighted by Gasteiger charge is -2.32. The average Bonchev–Trinajstić information content (AvgIpc) is 3.45. The number of hydrogen-bond donors (Lipinski definition) is 2. The van der Waals surface area contributed by atoms with Crippen molar-refractivity contribution in [1.29, 1.82) is 0 Å². The van der Waals surface area contributed by atoms with Crippen LogP contribution < -0.4 is 11.1 Å². The number of nitrogens with one attached hydrogen (secondary N) is 1. The van der Waals surface area contributed by atoms with Crippen molar-refractivity contribution >= 4 is 28.3 Å². The normalized spacial score (nSPS) is 22.3. The maximum Gasteiger partial charge on any atom is 0.251 e. The van der Waals surface area contributed by atoms with Crippen molar-refractivity contribution in [3.63, 3.8) is 0 Å². The first kappa shape index (κ1) is 21.2. The summed E-state index contributed by atoms with van der Waals surface area (Å²) in [6, 6.07) is 6.28. The van der Waals surface area contributed by atoms with Gasteiger partial charge in [0.25, 0.3) is 5.91 Å². The quantitative estimate of drug-likeness (QED) is 0.763. The summed E-state index contributed by atoms with van der Waals surface area (Å²) in [6.07, 6.45) is 4.98. The molecule has 6 nitrogen and oxygen atoms in total. The minimum Gasteiger partial charge on any atom is -0.348 e. The topological polar surface area (TPSA) is 92.5 Å². The van der Waals surface area contributed by atoms with Crippen LogP contribution in [0.3, 0.4) is 0 Å². The first-order chi connectivity index (χ1) is 11.9. The van der Waals surface area contributed by atoms with E-state index in [0.717, 1.165) is 32.1 Å². The van der Waals surface area contributed by atoms with Crippen LogP contribution in [-0.2, 0) is 10.0 Å². The molecule has 3 N–H and O–H groups in total. The van der Waals surface area contributed by atoms with E-state index >= 15 is 0 Å². The van der Waals surface area contributed by atoms with Gasteiger partial charge in [-0.05, 0) is 56.7 Å². The summed E-state index contributed by atoms with van der Waals surface area (Å²) in [5, 5.41) is 2.94. The smallest absolute Gasteiger partial charge is 0.251 e. The van der Waals surface area contributed by atoms with Crippen LogP contribution >= 0.6 is 12.4 Å². The summed E-state index contributed by atoms with van der Waals surface area (Å²) in [7, 11) is -3.58. The van der Waals surface area contributed by atoms with Crippen molar-refractivity contribution in [3.8, 4) is 0 Å². The third-order valence-electron chi connectivity index (χ3n) is 5.21. The highest BCUT2D eigenvalue weighted by molar-refractivity contribution is 7.89. The number of carbonyl (C=O) groups is 1. The lowest BCUT2D eigenvalue weighted by atomic mass is 10.1. The number of amides is 1. The molecule has 1 aliphatic heterocycles. The highest BCUT2D eigenvalue weighted by atomic mass is 35.5. The van der Waals surface area contributed by atoms with Gasteiger partial charge >= 0.3 is 0 Å². The van der Waals surface area contributed by atoms with Gasteiger partial charge in [-0.15, -0.1) is 12.4 Å². The maximum absolute atomic E-state index is 12.9. The maximum atomic E-state index is 12.9. The Hall–Kier alpha value is -1.15. The number of nitrogens with zero attached hydrogens (tertiary/aromatic N) is 1. The number of rotatable bonds is 6. The van der Waals surface area contributed by atoms with E-state index in [1.165, 1.54) is 6.07 Å². The Balaban J connectivity index is 0.00000243. The van der Waals surface area contributed by atoms with E-state index in [-0.39, 0.29) is 35.3 Å². The number of hydrogen-bond acceptors (Lipinski definition) is 4. The molecule has 0 spiro atoms. The molecule has 1 saturated carbocycles. The minimum absolute atomic E-state index is 0. The number of benzene rings is 1. The molecule has 2 unspecified atom stereocenters. The van der Waals surface area contributed by atoms with E-state index in [2.05, 4.69) is 5.32 Å². The fraction of sp³-hybridized carbons (Fsp3) is 0.611. The molecule has 1 aliphatic carbocycles. The zero-order valence-corrected chi connectivity index (χ0v) is 16.7. The SMILES string of the molecule is CC1CCCCN1S(=O)(=O)c1cccc(C(=O)NC(CN)C2CC2)c1.Cl. The minimum atomic E-state index is -3.58. The summed E-state index contributed by atoms with van der Waals surface area (Å²) in [6.45, 7) is 2.88. The molecule has 0 bridgehead atoms. The predicted octanol–water partition coefficient (Wildman–Crippen LogP) is 2.14. The van der Waals surface area contributed by atoms with Crippen LogP contribution in [0.2, 0.25) is 0 Å². The van der Waals surface area contributed by atoms with Crippen LogP contribution in [-0.4, -0.2) is 43.8 Å². The van der Waals surface area contributed by atoms with Gasteiger partial charge in [-0.1, -0.05) is 12.5 Å². The molecule has 2 aliphatic rings. The van der Waals surface area contributed by atoms with Crippen LogP contribution in [0, 0.1) is 5.92 Å². The zero-order valence-electron chi connectivity index (χ0n) is 15.1. The lowest BCUT2D eigenvalue weighted by Crippen LogP contribution is -2.42. The first-order valence-corrected chi connectivity index (χ1v) is 10.5. The van der Waals surface area contributed by atoms with E-state index in [0.29, 0.717) is 24.6 Å². The Morgan fingerprint density at radius 1 is 1.31 bits per heavy atom. The molecule has 146 valence electrons. The van der Waals surface area contributed by atoms with Crippen molar-refractivity contribution in [2.45, 2.75) is 56.0 Å². The predicted molar refractivity (Wildman–Crippen MR) is 104 cm³/mol. The Morgan fingerprint density at radius 2 is 2.04 bits per heavy atom. The second-order valence-corrected chi connectivity index (χ2v) is 9.03. The Bertz CT molecular complexity index is 737. The van der Waals surface area contributed by atoms with Gasteiger partial charge in [-0.2, -0.15) is 4.31 Å². The van der Waals surface area contributed by atoms with Gasteiger partial charge < -0.3 is 11.1 Å². The van der Waals surface area contributed by atoms with Crippen LogP contribution in [0.25, 0.3) is 0 Å². The van der Waals surface area contributed by atoms with E-state index in [1.807, 2.05) is 6.92 Å². The third-order valence-corrected chi connectivity index (χ3v) is 7.22. The second-order valence-electron chi connectivity index (χ2n) is 7.14. The number of piperidine rings is 1. The Morgan fingerprint density at radius 3 is 2.65 bits per heavy atom. The molecule has 1 saturated heterocycles. The average molecular weight is 402 g/mol. The van der Waals surface area contributed by atoms with Gasteiger partial charge in [0.1, 0.15) is 0 Å². The molecule has 8 heteroatoms. The van der Waals surface area contributed by atoms with Gasteiger partial charge in [0, 0.05) is 30.7 Å². The lowest BCUT2D eigenvalue weighted by molar-refractivity contribution is 0.0933. The summed E-state index contributed by atoms with van der Waals surface area (Å²) >= 11 is 0. The van der Waals surface area contributed by atoms with Crippen LogP contribution in [0.4, 0.5) is 0 Å². The van der Waals surface area contributed by atoms with E-state index in [9.17, 15) is 13.2 Å². The number of nitrogens with two attached hydrogens (primary N) is 1. The summed E-state index contributed by atoms with van der Waals surface area (Å²) < 4.78 is 27.4. The standard InChI is InChI=1S/C18H27N3O3S.ClH/c1-13-5-2-3-10-21(13)25(23,24)16-7-4-6-15(11-16)18(22)20-17(12-19)14-8-9-14;/h4,6-7,11,13-14,17H,2-3,5,8-10,12,19H2,1H3,(H,20,22);1H. The fourth-order valence-corrected chi connectivity index (χ4v) is 5.23. The molecule has 1 aromatic rings. The Labute approximate surface area is 162 Å². The molecular weight excluding hydrogens is 374 g/mol. The molecule has 1 heterocycles. The summed E-state index contributed by atoms with van der Waals surface area (Å²) in [5.74, 6) is 0.196. The third kappa shape index (κ3) is 4.57. The molecule has 2 atom stereocenters. The van der Waals surface area contributed by atoms with E-state index in [4.69, 9.17) is 5.73 Å². The van der Waals surface area contributed by atoms with Gasteiger partial charge in [0.2, 0.25) is 10.0 Å². The van der Waals surface area contributed by atoms with E-state index < -0.39 is 10.0 Å². The van der Waals surface area contributed by atoms with Gasteiger partial charge in [-0.3, -0.25) is 4.79 Å². The number of halogens is 1. The van der Waals surface area contributed by atoms with Crippen molar-refractivity contribution < 1.29 is 13.2 Å². The molecule has 2 fully saturated rings. The van der Waals surface area contributed by atoms with Gasteiger partial charge in [0.05, 0.1) is 4.90 Å². The summed E-state index contributed by atoms with van der Waals surface area (Å²) in [5.41, 5.74) is 6.10. The van der Waals surface area contributed by atoms with Crippen molar-refractivity contribution in [1.82, 2.24) is 9.62 Å². The highest BCUT2D eigenvalue weighted by Crippen LogP contribution is 2.32. The van der Waals surface area contributed by atoms with Gasteiger partial charge in [-0.25, -0.2) is 8.42 Å². The van der Waals surface area contributed by atoms with Crippen LogP contribution in [0.1, 0.15) is 49.4 Å². The van der Waals surface area contributed by atoms with Crippen molar-refractivity contribution in [2.24, 2.45) is 11.7 Å². The van der Waals surface area contributed by atoms with Gasteiger partial charge in [0.15, 0.2) is 0 Å². The molecular formula is C18H28ClN3O3S. The highest BCUT2D eigenvalue weighted by Gasteiger charge is 2.33. The van der Waals surface area contributed by atoms with E-state index in [1.54, 1.807) is 22.5 Å². The molecule has 0 radical (unpaired) electrons. The first-order valence-electron chi connectivity index (χ1n) is 9.06. The molecule has 1 aromatic carbocycles. The Kier molecular flexibility index (Phi) is 7.07. The molecule has 1 amide bonds. The second kappa shape index (κ2) is 8.69. The van der Waals surface area contributed by atoms with Crippen molar-refractivity contribution in [3.05, 3.63) is 29.8 Å². The molecule has 3 rings (SSSR count). The fourth-order valence-electron chi connectivity index (χ4n) is 3.48. The van der Waals surface area contributed by atoms with Crippen LogP contribution in [0.15, 0.2) is 29.2 Å². The van der Waals surface area contributed by atoms with Crippen LogP contribution in [0.5, 0.6) is 0 Å². The largest absolute Gasteiger partial charge is 0.348 e. The zero-order chi connectivity index (χ0) is 18.0. The monoisotopic (exact) mass is 401 g/mol. The molecule has 0 aromatic heterocycles. The number of sulfonamides is 1. The molecule has 26 heavy (non-hydrogen) atoms. The number of carbonyl (C=O) groups excluding carboxylic acids is 1. The summed E-state index contributed by atoms with van der Waals surface area (Å²) in [4.78, 5) is 12.7.